The molecule has 0 fully saturated rings. The predicted molar refractivity (Wildman–Crippen MR) is 119 cm³/mol. The molecule has 32 heavy (non-hydrogen) atoms. The zero-order valence-corrected chi connectivity index (χ0v) is 17.9. The largest absolute Gasteiger partial charge is 0.486 e. The van der Waals surface area contributed by atoms with Crippen molar-refractivity contribution in [3.63, 3.8) is 0 Å². The average molecular weight is 434 g/mol. The highest BCUT2D eigenvalue weighted by Crippen LogP contribution is 2.31. The minimum atomic E-state index is -0.486. The van der Waals surface area contributed by atoms with Crippen LogP contribution < -0.4 is 14.8 Å². The molecule has 166 valence electrons. The number of esters is 1. The minimum Gasteiger partial charge on any atom is -0.486 e. The SMILES string of the molecule is O=C(COC(=O)c1ccc2[nH]c3c(c2c1)CCCC3)NCCc1ccc2c(c1)OCCO2. The molecule has 1 aromatic heterocycles. The third-order valence-corrected chi connectivity index (χ3v) is 6.01. The van der Waals surface area contributed by atoms with E-state index in [9.17, 15) is 9.59 Å². The summed E-state index contributed by atoms with van der Waals surface area (Å²) in [6, 6.07) is 11.3. The van der Waals surface area contributed by atoms with Crippen molar-refractivity contribution in [2.24, 2.45) is 0 Å². The average Bonchev–Trinajstić information content (AvgIpc) is 3.20. The molecule has 2 heterocycles. The van der Waals surface area contributed by atoms with Gasteiger partial charge in [0.15, 0.2) is 18.1 Å². The second-order valence-corrected chi connectivity index (χ2v) is 8.20. The number of ether oxygens (including phenoxy) is 3. The van der Waals surface area contributed by atoms with Gasteiger partial charge in [0, 0.05) is 23.1 Å². The van der Waals surface area contributed by atoms with Crippen LogP contribution in [-0.2, 0) is 28.8 Å². The van der Waals surface area contributed by atoms with Crippen LogP contribution >= 0.6 is 0 Å². The number of carbonyl (C=O) groups excluding carboxylic acids is 2. The number of rotatable bonds is 6. The van der Waals surface area contributed by atoms with E-state index < -0.39 is 5.97 Å². The topological polar surface area (TPSA) is 89.7 Å². The summed E-state index contributed by atoms with van der Waals surface area (Å²) in [5.74, 6) is 0.666. The summed E-state index contributed by atoms with van der Waals surface area (Å²) in [4.78, 5) is 28.1. The van der Waals surface area contributed by atoms with Gasteiger partial charge in [-0.2, -0.15) is 0 Å². The molecule has 0 saturated heterocycles. The van der Waals surface area contributed by atoms with E-state index in [0.717, 1.165) is 40.8 Å². The van der Waals surface area contributed by atoms with Crippen LogP contribution in [0.2, 0.25) is 0 Å². The Labute approximate surface area is 186 Å². The van der Waals surface area contributed by atoms with Gasteiger partial charge in [0.25, 0.3) is 5.91 Å². The highest BCUT2D eigenvalue weighted by Gasteiger charge is 2.18. The van der Waals surface area contributed by atoms with Gasteiger partial charge in [0.1, 0.15) is 13.2 Å². The Balaban J connectivity index is 1.12. The van der Waals surface area contributed by atoms with Crippen LogP contribution in [0.5, 0.6) is 11.5 Å². The van der Waals surface area contributed by atoms with E-state index in [1.807, 2.05) is 30.3 Å². The molecule has 0 saturated carbocycles. The van der Waals surface area contributed by atoms with Crippen LogP contribution in [0.15, 0.2) is 36.4 Å². The van der Waals surface area contributed by atoms with E-state index in [-0.39, 0.29) is 12.5 Å². The lowest BCUT2D eigenvalue weighted by atomic mass is 9.95. The number of aryl methyl sites for hydroxylation is 2. The number of H-pyrrole nitrogens is 1. The number of fused-ring (bicyclic) bond motifs is 4. The maximum absolute atomic E-state index is 12.5. The third kappa shape index (κ3) is 4.28. The molecule has 0 atom stereocenters. The minimum absolute atomic E-state index is 0.302. The van der Waals surface area contributed by atoms with E-state index in [2.05, 4.69) is 10.3 Å². The molecule has 1 amide bonds. The lowest BCUT2D eigenvalue weighted by Crippen LogP contribution is -2.30. The van der Waals surface area contributed by atoms with Gasteiger partial charge in [0.05, 0.1) is 5.56 Å². The third-order valence-electron chi connectivity index (χ3n) is 6.01. The molecule has 2 aliphatic rings. The zero-order chi connectivity index (χ0) is 21.9. The molecule has 0 spiro atoms. The lowest BCUT2D eigenvalue weighted by molar-refractivity contribution is -0.124. The first-order valence-electron chi connectivity index (χ1n) is 11.1. The maximum Gasteiger partial charge on any atom is 0.338 e. The molecule has 5 rings (SSSR count). The van der Waals surface area contributed by atoms with Crippen LogP contribution in [0.4, 0.5) is 0 Å². The second-order valence-electron chi connectivity index (χ2n) is 8.20. The first-order chi connectivity index (χ1) is 15.7. The van der Waals surface area contributed by atoms with Crippen molar-refractivity contribution in [2.45, 2.75) is 32.1 Å². The predicted octanol–water partition coefficient (Wildman–Crippen LogP) is 3.33. The first-order valence-corrected chi connectivity index (χ1v) is 11.1. The van der Waals surface area contributed by atoms with Gasteiger partial charge in [-0.25, -0.2) is 4.79 Å². The Morgan fingerprint density at radius 2 is 1.84 bits per heavy atom. The molecule has 3 aromatic rings. The van der Waals surface area contributed by atoms with Crippen LogP contribution in [0, 0.1) is 0 Å². The molecule has 1 aliphatic heterocycles. The Hall–Kier alpha value is -3.48. The van der Waals surface area contributed by atoms with Gasteiger partial charge < -0.3 is 24.5 Å². The summed E-state index contributed by atoms with van der Waals surface area (Å²) in [7, 11) is 0. The number of nitrogens with one attached hydrogen (secondary N) is 2. The number of carbonyl (C=O) groups is 2. The number of aromatic nitrogens is 1. The van der Waals surface area contributed by atoms with Gasteiger partial charge in [-0.1, -0.05) is 6.07 Å². The molecule has 0 unspecified atom stereocenters. The van der Waals surface area contributed by atoms with Crippen molar-refractivity contribution >= 4 is 22.8 Å². The van der Waals surface area contributed by atoms with E-state index in [0.29, 0.717) is 31.7 Å². The number of hydrogen-bond acceptors (Lipinski definition) is 5. The summed E-state index contributed by atoms with van der Waals surface area (Å²) in [6.07, 6.45) is 5.08. The summed E-state index contributed by atoms with van der Waals surface area (Å²) in [5, 5.41) is 3.87. The number of amides is 1. The van der Waals surface area contributed by atoms with Gasteiger partial charge >= 0.3 is 5.97 Å². The molecule has 2 aromatic carbocycles. The van der Waals surface area contributed by atoms with Crippen molar-refractivity contribution in [1.29, 1.82) is 0 Å². The van der Waals surface area contributed by atoms with E-state index >= 15 is 0 Å². The number of aromatic amines is 1. The van der Waals surface area contributed by atoms with E-state index in [4.69, 9.17) is 14.2 Å². The normalized spacial score (nSPS) is 14.6. The molecule has 0 bridgehead atoms. The molecule has 7 heteroatoms. The van der Waals surface area contributed by atoms with Crippen molar-refractivity contribution < 1.29 is 23.8 Å². The second kappa shape index (κ2) is 8.94. The summed E-state index contributed by atoms with van der Waals surface area (Å²) < 4.78 is 16.3. The quantitative estimate of drug-likeness (QED) is 0.581. The summed E-state index contributed by atoms with van der Waals surface area (Å²) >= 11 is 0. The Morgan fingerprint density at radius 3 is 2.75 bits per heavy atom. The van der Waals surface area contributed by atoms with Gasteiger partial charge in [-0.3, -0.25) is 4.79 Å². The Bertz CT molecular complexity index is 1170. The van der Waals surface area contributed by atoms with Crippen LogP contribution in [0.1, 0.15) is 40.0 Å². The molecule has 2 N–H and O–H groups in total. The van der Waals surface area contributed by atoms with E-state index in [1.54, 1.807) is 6.07 Å². The fourth-order valence-electron chi connectivity index (χ4n) is 4.39. The fraction of sp³-hybridized carbons (Fsp3) is 0.360. The van der Waals surface area contributed by atoms with Crippen molar-refractivity contribution in [3.05, 3.63) is 58.8 Å². The maximum atomic E-state index is 12.5. The van der Waals surface area contributed by atoms with Crippen LogP contribution in [0.25, 0.3) is 10.9 Å². The van der Waals surface area contributed by atoms with Crippen molar-refractivity contribution in [3.8, 4) is 11.5 Å². The summed E-state index contributed by atoms with van der Waals surface area (Å²) in [6.45, 7) is 1.24. The van der Waals surface area contributed by atoms with E-state index in [1.165, 1.54) is 24.1 Å². The molecule has 7 nitrogen and oxygen atoms in total. The van der Waals surface area contributed by atoms with Gasteiger partial charge in [0.2, 0.25) is 0 Å². The molecule has 1 aliphatic carbocycles. The monoisotopic (exact) mass is 434 g/mol. The first kappa shape index (κ1) is 20.4. The Kier molecular flexibility index (Phi) is 5.71. The highest BCUT2D eigenvalue weighted by molar-refractivity contribution is 5.97. The van der Waals surface area contributed by atoms with Gasteiger partial charge in [-0.05, 0) is 73.6 Å². The molecule has 0 radical (unpaired) electrons. The molecular weight excluding hydrogens is 408 g/mol. The van der Waals surface area contributed by atoms with Gasteiger partial charge in [-0.15, -0.1) is 0 Å². The van der Waals surface area contributed by atoms with Crippen molar-refractivity contribution in [1.82, 2.24) is 10.3 Å². The molecular formula is C25H26N2O5. The van der Waals surface area contributed by atoms with Crippen LogP contribution in [-0.4, -0.2) is 43.2 Å². The number of benzene rings is 2. The number of hydrogen-bond donors (Lipinski definition) is 2. The Morgan fingerprint density at radius 1 is 1.00 bits per heavy atom. The van der Waals surface area contributed by atoms with Crippen LogP contribution in [0.3, 0.4) is 0 Å². The lowest BCUT2D eigenvalue weighted by Gasteiger charge is -2.18. The zero-order valence-electron chi connectivity index (χ0n) is 17.9. The highest BCUT2D eigenvalue weighted by atomic mass is 16.6. The smallest absolute Gasteiger partial charge is 0.338 e. The van der Waals surface area contributed by atoms with Crippen molar-refractivity contribution in [2.75, 3.05) is 26.4 Å². The summed E-state index contributed by atoms with van der Waals surface area (Å²) in [5.41, 5.74) is 5.13. The fourth-order valence-corrected chi connectivity index (χ4v) is 4.39. The standard InChI is InChI=1S/C25H26N2O5/c28-24(26-10-9-16-5-8-22-23(13-16)31-12-11-30-22)15-32-25(29)17-6-7-21-19(14-17)18-3-1-2-4-20(18)27-21/h5-8,13-14,27H,1-4,9-12,15H2,(H,26,28).